The number of amides is 2. The van der Waals surface area contributed by atoms with Gasteiger partial charge in [0.15, 0.2) is 6.61 Å². The Bertz CT molecular complexity index is 901. The molecule has 32 heavy (non-hydrogen) atoms. The molecule has 0 fully saturated rings. The fraction of sp³-hybridized carbons (Fsp3) is 0.440. The van der Waals surface area contributed by atoms with Crippen molar-refractivity contribution in [3.8, 4) is 5.75 Å². The largest absolute Gasteiger partial charge is 0.483 e. The standard InChI is InChI=1S/C25H32Br2N2O3/c1-5-6-13-28-25(31)18(4)29(15-19-7-10-21(26)11-8-19)24(30)16-32-23-12-9-20(17(2)3)14-22(23)27/h7-12,14,17-18H,5-6,13,15-16H2,1-4H3,(H,28,31)/t18-/m0/s1. The van der Waals surface area contributed by atoms with Crippen LogP contribution < -0.4 is 10.1 Å². The van der Waals surface area contributed by atoms with Crippen LogP contribution >= 0.6 is 31.9 Å². The summed E-state index contributed by atoms with van der Waals surface area (Å²) in [5.41, 5.74) is 2.13. The fourth-order valence-corrected chi connectivity index (χ4v) is 3.90. The quantitative estimate of drug-likeness (QED) is 0.336. The smallest absolute Gasteiger partial charge is 0.261 e. The highest BCUT2D eigenvalue weighted by atomic mass is 79.9. The van der Waals surface area contributed by atoms with Crippen molar-refractivity contribution in [2.24, 2.45) is 0 Å². The minimum absolute atomic E-state index is 0.150. The van der Waals surface area contributed by atoms with E-state index in [1.807, 2.05) is 42.5 Å². The molecular formula is C25H32Br2N2O3. The monoisotopic (exact) mass is 566 g/mol. The first-order valence-electron chi connectivity index (χ1n) is 11.0. The van der Waals surface area contributed by atoms with Crippen LogP contribution in [0.25, 0.3) is 0 Å². The van der Waals surface area contributed by atoms with Crippen molar-refractivity contribution < 1.29 is 14.3 Å². The maximum atomic E-state index is 13.1. The molecule has 1 atom stereocenters. The lowest BCUT2D eigenvalue weighted by Gasteiger charge is -2.29. The number of nitrogens with one attached hydrogen (secondary N) is 1. The number of unbranched alkanes of at least 4 members (excludes halogenated alkanes) is 1. The molecule has 1 N–H and O–H groups in total. The molecule has 0 unspecified atom stereocenters. The fourth-order valence-electron chi connectivity index (χ4n) is 3.12. The van der Waals surface area contributed by atoms with Crippen molar-refractivity contribution in [2.75, 3.05) is 13.2 Å². The molecule has 5 nitrogen and oxygen atoms in total. The van der Waals surface area contributed by atoms with Gasteiger partial charge in [0.05, 0.1) is 4.47 Å². The van der Waals surface area contributed by atoms with E-state index in [0.29, 0.717) is 24.8 Å². The van der Waals surface area contributed by atoms with Crippen LogP contribution in [0.1, 0.15) is 57.6 Å². The van der Waals surface area contributed by atoms with Crippen molar-refractivity contribution in [3.63, 3.8) is 0 Å². The summed E-state index contributed by atoms with van der Waals surface area (Å²) in [6.07, 6.45) is 1.90. The lowest BCUT2D eigenvalue weighted by atomic mass is 10.0. The SMILES string of the molecule is CCCCNC(=O)[C@H](C)N(Cc1ccc(Br)cc1)C(=O)COc1ccc(C(C)C)cc1Br. The maximum absolute atomic E-state index is 13.1. The normalized spacial score (nSPS) is 11.8. The van der Waals surface area contributed by atoms with Crippen molar-refractivity contribution in [1.29, 1.82) is 0 Å². The summed E-state index contributed by atoms with van der Waals surface area (Å²) < 4.78 is 7.59. The van der Waals surface area contributed by atoms with E-state index in [1.165, 1.54) is 5.56 Å². The van der Waals surface area contributed by atoms with Crippen molar-refractivity contribution in [3.05, 3.63) is 62.5 Å². The van der Waals surface area contributed by atoms with Gasteiger partial charge in [-0.1, -0.05) is 61.3 Å². The number of ether oxygens (including phenoxy) is 1. The molecule has 0 heterocycles. The average Bonchev–Trinajstić information content (AvgIpc) is 2.77. The number of hydrogen-bond donors (Lipinski definition) is 1. The number of rotatable bonds is 11. The molecule has 0 aliphatic carbocycles. The van der Waals surface area contributed by atoms with E-state index in [0.717, 1.165) is 27.4 Å². The Balaban J connectivity index is 2.13. The molecule has 0 saturated carbocycles. The number of halogens is 2. The van der Waals surface area contributed by atoms with Crippen LogP contribution in [0, 0.1) is 0 Å². The minimum atomic E-state index is -0.613. The van der Waals surface area contributed by atoms with Gasteiger partial charge in [-0.25, -0.2) is 0 Å². The van der Waals surface area contributed by atoms with Gasteiger partial charge >= 0.3 is 0 Å². The topological polar surface area (TPSA) is 58.6 Å². The number of benzene rings is 2. The molecule has 2 rings (SSSR count). The van der Waals surface area contributed by atoms with Crippen LogP contribution in [0.4, 0.5) is 0 Å². The summed E-state index contributed by atoms with van der Waals surface area (Å²) in [6, 6.07) is 13.0. The van der Waals surface area contributed by atoms with Gasteiger partial charge in [0, 0.05) is 17.6 Å². The summed E-state index contributed by atoms with van der Waals surface area (Å²) >= 11 is 6.96. The molecule has 0 bridgehead atoms. The number of nitrogens with zero attached hydrogens (tertiary/aromatic N) is 1. The molecule has 0 aromatic heterocycles. The van der Waals surface area contributed by atoms with Crippen molar-refractivity contribution in [2.45, 2.75) is 59.0 Å². The number of hydrogen-bond acceptors (Lipinski definition) is 3. The zero-order valence-electron chi connectivity index (χ0n) is 19.2. The number of carbonyl (C=O) groups is 2. The molecule has 174 valence electrons. The van der Waals surface area contributed by atoms with Crippen molar-refractivity contribution >= 4 is 43.7 Å². The molecule has 0 aliphatic rings. The van der Waals surface area contributed by atoms with Crippen LogP contribution in [0.2, 0.25) is 0 Å². The molecule has 0 aliphatic heterocycles. The first kappa shape index (κ1) is 26.4. The van der Waals surface area contributed by atoms with Crippen LogP contribution in [0.3, 0.4) is 0 Å². The summed E-state index contributed by atoms with van der Waals surface area (Å²) in [4.78, 5) is 27.4. The lowest BCUT2D eigenvalue weighted by Crippen LogP contribution is -2.49. The van der Waals surface area contributed by atoms with Crippen LogP contribution in [-0.4, -0.2) is 35.9 Å². The third-order valence-corrected chi connectivity index (χ3v) is 6.39. The Morgan fingerprint density at radius 3 is 2.34 bits per heavy atom. The molecule has 2 amide bonds. The Kier molecular flexibility index (Phi) is 10.7. The Hall–Kier alpha value is -1.86. The van der Waals surface area contributed by atoms with Crippen LogP contribution in [0.5, 0.6) is 5.75 Å². The zero-order chi connectivity index (χ0) is 23.7. The summed E-state index contributed by atoms with van der Waals surface area (Å²) in [5.74, 6) is 0.596. The molecule has 2 aromatic rings. The Labute approximate surface area is 208 Å². The number of carbonyl (C=O) groups excluding carboxylic acids is 2. The highest BCUT2D eigenvalue weighted by molar-refractivity contribution is 9.10. The van der Waals surface area contributed by atoms with E-state index >= 15 is 0 Å². The minimum Gasteiger partial charge on any atom is -0.483 e. The third kappa shape index (κ3) is 7.93. The van der Waals surface area contributed by atoms with Gasteiger partial charge in [0.1, 0.15) is 11.8 Å². The summed E-state index contributed by atoms with van der Waals surface area (Å²) in [7, 11) is 0. The Morgan fingerprint density at radius 2 is 1.75 bits per heavy atom. The Morgan fingerprint density at radius 1 is 1.06 bits per heavy atom. The third-order valence-electron chi connectivity index (χ3n) is 5.24. The van der Waals surface area contributed by atoms with E-state index in [9.17, 15) is 9.59 Å². The van der Waals surface area contributed by atoms with Crippen LogP contribution in [-0.2, 0) is 16.1 Å². The van der Waals surface area contributed by atoms with E-state index in [-0.39, 0.29) is 18.4 Å². The van der Waals surface area contributed by atoms with Gasteiger partial charge in [-0.3, -0.25) is 9.59 Å². The van der Waals surface area contributed by atoms with E-state index < -0.39 is 6.04 Å². The highest BCUT2D eigenvalue weighted by Crippen LogP contribution is 2.29. The molecule has 0 spiro atoms. The van der Waals surface area contributed by atoms with Crippen molar-refractivity contribution in [1.82, 2.24) is 10.2 Å². The van der Waals surface area contributed by atoms with Crippen LogP contribution in [0.15, 0.2) is 51.4 Å². The summed E-state index contributed by atoms with van der Waals surface area (Å²) in [6.45, 7) is 8.85. The summed E-state index contributed by atoms with van der Waals surface area (Å²) in [5, 5.41) is 2.92. The van der Waals surface area contributed by atoms with Gasteiger partial charge in [-0.05, 0) is 70.6 Å². The second-order valence-corrected chi connectivity index (χ2v) is 9.87. The van der Waals surface area contributed by atoms with Gasteiger partial charge in [0.2, 0.25) is 5.91 Å². The second-order valence-electron chi connectivity index (χ2n) is 8.10. The van der Waals surface area contributed by atoms with Gasteiger partial charge in [-0.2, -0.15) is 0 Å². The van der Waals surface area contributed by atoms with E-state index in [4.69, 9.17) is 4.74 Å². The average molecular weight is 568 g/mol. The predicted molar refractivity (Wildman–Crippen MR) is 136 cm³/mol. The molecule has 2 aromatic carbocycles. The predicted octanol–water partition coefficient (Wildman–Crippen LogP) is 6.05. The second kappa shape index (κ2) is 13.0. The molecular weight excluding hydrogens is 536 g/mol. The maximum Gasteiger partial charge on any atom is 0.261 e. The van der Waals surface area contributed by atoms with E-state index in [1.54, 1.807) is 11.8 Å². The first-order valence-corrected chi connectivity index (χ1v) is 12.5. The van der Waals surface area contributed by atoms with Gasteiger partial charge in [0.25, 0.3) is 5.91 Å². The van der Waals surface area contributed by atoms with Gasteiger partial charge in [-0.15, -0.1) is 0 Å². The highest BCUT2D eigenvalue weighted by Gasteiger charge is 2.26. The molecule has 7 heteroatoms. The van der Waals surface area contributed by atoms with E-state index in [2.05, 4.69) is 57.9 Å². The lowest BCUT2D eigenvalue weighted by molar-refractivity contribution is -0.142. The first-order chi connectivity index (χ1) is 15.2. The molecule has 0 saturated heterocycles. The molecule has 0 radical (unpaired) electrons. The zero-order valence-corrected chi connectivity index (χ0v) is 22.3. The van der Waals surface area contributed by atoms with Gasteiger partial charge < -0.3 is 15.0 Å².